The van der Waals surface area contributed by atoms with Crippen molar-refractivity contribution in [1.29, 1.82) is 0 Å². The van der Waals surface area contributed by atoms with Crippen molar-refractivity contribution in [3.05, 3.63) is 99.6 Å². The lowest BCUT2D eigenvalue weighted by Crippen LogP contribution is -2.29. The molecule has 1 unspecified atom stereocenters. The van der Waals surface area contributed by atoms with Crippen molar-refractivity contribution in [2.45, 2.75) is 19.9 Å². The summed E-state index contributed by atoms with van der Waals surface area (Å²) >= 11 is 0. The molecule has 0 aliphatic carbocycles. The molecule has 0 radical (unpaired) electrons. The zero-order chi connectivity index (χ0) is 26.0. The summed E-state index contributed by atoms with van der Waals surface area (Å²) in [7, 11) is 0. The number of phenolic OH excluding ortho intramolecular Hbond substituents is 1. The molecule has 0 bridgehead atoms. The monoisotopic (exact) mass is 487 g/mol. The molecular weight excluding hydrogens is 462 g/mol. The zero-order valence-corrected chi connectivity index (χ0v) is 19.8. The number of anilines is 2. The molecule has 1 aliphatic rings. The lowest BCUT2D eigenvalue weighted by atomic mass is 9.95. The van der Waals surface area contributed by atoms with Crippen LogP contribution in [-0.2, 0) is 9.59 Å². The second-order valence-electron chi connectivity index (χ2n) is 8.25. The topological polar surface area (TPSA) is 124 Å². The number of amides is 1. The van der Waals surface area contributed by atoms with Gasteiger partial charge in [0, 0.05) is 42.2 Å². The number of nitro groups is 1. The molecule has 9 heteroatoms. The minimum absolute atomic E-state index is 0.00893. The number of hydrogen-bond donors (Lipinski definition) is 2. The predicted octanol–water partition coefficient (Wildman–Crippen LogP) is 4.77. The molecule has 9 nitrogen and oxygen atoms in total. The second kappa shape index (κ2) is 9.91. The number of hydrogen-bond acceptors (Lipinski definition) is 7. The van der Waals surface area contributed by atoms with E-state index in [1.807, 2.05) is 26.0 Å². The highest BCUT2D eigenvalue weighted by Crippen LogP contribution is 2.42. The van der Waals surface area contributed by atoms with Gasteiger partial charge in [-0.25, -0.2) is 0 Å². The Bertz CT molecular complexity index is 1330. The molecule has 4 rings (SSSR count). The van der Waals surface area contributed by atoms with Crippen LogP contribution in [0.15, 0.2) is 78.4 Å². The Morgan fingerprint density at radius 1 is 0.944 bits per heavy atom. The summed E-state index contributed by atoms with van der Waals surface area (Å²) < 4.78 is 0. The Morgan fingerprint density at radius 3 is 2.06 bits per heavy atom. The Kier molecular flexibility index (Phi) is 6.73. The van der Waals surface area contributed by atoms with E-state index in [1.165, 1.54) is 41.3 Å². The highest BCUT2D eigenvalue weighted by atomic mass is 16.6. The number of aliphatic hydroxyl groups is 1. The largest absolute Gasteiger partial charge is 0.508 e. The first-order chi connectivity index (χ1) is 17.3. The number of ketones is 1. The van der Waals surface area contributed by atoms with Crippen LogP contribution in [0, 0.1) is 10.1 Å². The SMILES string of the molecule is CCN(CC)c1ccc(N2C(=O)C(=O)/C(=C(\O)c3ccc([N+](=O)[O-])cc3)C2c2ccc(O)cc2)cc1. The van der Waals surface area contributed by atoms with Crippen molar-refractivity contribution in [3.8, 4) is 5.75 Å². The number of carbonyl (C=O) groups is 2. The van der Waals surface area contributed by atoms with Crippen molar-refractivity contribution in [2.24, 2.45) is 0 Å². The molecule has 1 atom stereocenters. The average molecular weight is 488 g/mol. The fourth-order valence-corrected chi connectivity index (χ4v) is 4.38. The van der Waals surface area contributed by atoms with Gasteiger partial charge < -0.3 is 15.1 Å². The number of phenols is 1. The zero-order valence-electron chi connectivity index (χ0n) is 19.8. The number of nitrogens with zero attached hydrogens (tertiary/aromatic N) is 3. The maximum atomic E-state index is 13.3. The molecule has 36 heavy (non-hydrogen) atoms. The Labute approximate surface area is 207 Å². The minimum Gasteiger partial charge on any atom is -0.508 e. The van der Waals surface area contributed by atoms with E-state index in [0.717, 1.165) is 18.8 Å². The normalized spacial score (nSPS) is 16.8. The first-order valence-corrected chi connectivity index (χ1v) is 11.5. The molecule has 0 spiro atoms. The number of non-ortho nitro benzene ring substituents is 1. The molecule has 1 amide bonds. The fourth-order valence-electron chi connectivity index (χ4n) is 4.38. The summed E-state index contributed by atoms with van der Waals surface area (Å²) in [5, 5.41) is 31.9. The molecule has 1 heterocycles. The van der Waals surface area contributed by atoms with E-state index in [-0.39, 0.29) is 22.6 Å². The smallest absolute Gasteiger partial charge is 0.300 e. The summed E-state index contributed by atoms with van der Waals surface area (Å²) in [5.41, 5.74) is 1.78. The van der Waals surface area contributed by atoms with Gasteiger partial charge in [-0.15, -0.1) is 0 Å². The number of benzene rings is 3. The van der Waals surface area contributed by atoms with Gasteiger partial charge in [-0.05, 0) is 67.9 Å². The third-order valence-electron chi connectivity index (χ3n) is 6.26. The molecule has 1 saturated heterocycles. The van der Waals surface area contributed by atoms with Gasteiger partial charge in [0.05, 0.1) is 16.5 Å². The van der Waals surface area contributed by atoms with E-state index in [1.54, 1.807) is 24.3 Å². The summed E-state index contributed by atoms with van der Waals surface area (Å²) in [6.45, 7) is 5.70. The molecular formula is C27H25N3O6. The third-order valence-corrected chi connectivity index (χ3v) is 6.26. The molecule has 1 aliphatic heterocycles. The van der Waals surface area contributed by atoms with E-state index in [2.05, 4.69) is 4.90 Å². The molecule has 0 saturated carbocycles. The van der Waals surface area contributed by atoms with E-state index in [0.29, 0.717) is 11.3 Å². The van der Waals surface area contributed by atoms with E-state index in [9.17, 15) is 29.9 Å². The summed E-state index contributed by atoms with van der Waals surface area (Å²) in [4.78, 5) is 40.4. The summed E-state index contributed by atoms with van der Waals surface area (Å²) in [6.07, 6.45) is 0. The maximum absolute atomic E-state index is 13.3. The third kappa shape index (κ3) is 4.38. The predicted molar refractivity (Wildman–Crippen MR) is 136 cm³/mol. The first kappa shape index (κ1) is 24.5. The number of carbonyl (C=O) groups excluding carboxylic acids is 2. The average Bonchev–Trinajstić information content (AvgIpc) is 3.15. The van der Waals surface area contributed by atoms with Crippen molar-refractivity contribution in [1.82, 2.24) is 0 Å². The van der Waals surface area contributed by atoms with Crippen molar-refractivity contribution in [3.63, 3.8) is 0 Å². The van der Waals surface area contributed by atoms with Crippen molar-refractivity contribution in [2.75, 3.05) is 22.9 Å². The number of rotatable bonds is 7. The van der Waals surface area contributed by atoms with Crippen LogP contribution in [0.1, 0.15) is 31.0 Å². The molecule has 3 aromatic carbocycles. The lowest BCUT2D eigenvalue weighted by molar-refractivity contribution is -0.384. The lowest BCUT2D eigenvalue weighted by Gasteiger charge is -2.27. The van der Waals surface area contributed by atoms with Crippen LogP contribution in [-0.4, -0.2) is 39.9 Å². The number of Topliss-reactive ketones (excluding diaryl/α,β-unsaturated/α-hetero) is 1. The maximum Gasteiger partial charge on any atom is 0.300 e. The van der Waals surface area contributed by atoms with Crippen LogP contribution in [0.2, 0.25) is 0 Å². The number of aromatic hydroxyl groups is 1. The van der Waals surface area contributed by atoms with Crippen molar-refractivity contribution < 1.29 is 24.7 Å². The Balaban J connectivity index is 1.85. The molecule has 3 aromatic rings. The highest BCUT2D eigenvalue weighted by Gasteiger charge is 2.47. The Hall–Kier alpha value is -4.66. The van der Waals surface area contributed by atoms with E-state index >= 15 is 0 Å². The van der Waals surface area contributed by atoms with Gasteiger partial charge >= 0.3 is 0 Å². The van der Waals surface area contributed by atoms with Crippen LogP contribution in [0.25, 0.3) is 5.76 Å². The van der Waals surface area contributed by atoms with Gasteiger partial charge in [0.2, 0.25) is 0 Å². The van der Waals surface area contributed by atoms with Crippen LogP contribution in [0.4, 0.5) is 17.1 Å². The Morgan fingerprint density at radius 2 is 1.53 bits per heavy atom. The fraction of sp³-hybridized carbons (Fsp3) is 0.185. The van der Waals surface area contributed by atoms with Gasteiger partial charge in [0.15, 0.2) is 0 Å². The van der Waals surface area contributed by atoms with E-state index in [4.69, 9.17) is 0 Å². The van der Waals surface area contributed by atoms with Gasteiger partial charge in [-0.3, -0.25) is 24.6 Å². The highest BCUT2D eigenvalue weighted by molar-refractivity contribution is 6.51. The number of nitro benzene ring substituents is 1. The standard InChI is InChI=1S/C27H25N3O6/c1-3-28(4-2)19-11-13-20(14-12-19)29-24(17-7-15-22(31)16-8-17)23(26(33)27(29)34)25(32)18-5-9-21(10-6-18)30(35)36/h5-16,24,31-32H,3-4H2,1-2H3/b25-23-. The van der Waals surface area contributed by atoms with Gasteiger partial charge in [-0.2, -0.15) is 0 Å². The number of aliphatic hydroxyl groups excluding tert-OH is 1. The molecule has 2 N–H and O–H groups in total. The van der Waals surface area contributed by atoms with Crippen LogP contribution < -0.4 is 9.80 Å². The first-order valence-electron chi connectivity index (χ1n) is 11.5. The second-order valence-corrected chi connectivity index (χ2v) is 8.25. The minimum atomic E-state index is -0.972. The summed E-state index contributed by atoms with van der Waals surface area (Å²) in [6, 6.07) is 17.4. The van der Waals surface area contributed by atoms with Gasteiger partial charge in [0.1, 0.15) is 11.5 Å². The van der Waals surface area contributed by atoms with Gasteiger partial charge in [0.25, 0.3) is 17.4 Å². The summed E-state index contributed by atoms with van der Waals surface area (Å²) in [5.74, 6) is -2.12. The van der Waals surface area contributed by atoms with Crippen LogP contribution >= 0.6 is 0 Å². The quantitative estimate of drug-likeness (QED) is 0.162. The molecule has 1 fully saturated rings. The molecule has 0 aromatic heterocycles. The van der Waals surface area contributed by atoms with Crippen LogP contribution in [0.5, 0.6) is 5.75 Å². The van der Waals surface area contributed by atoms with E-state index < -0.39 is 28.4 Å². The van der Waals surface area contributed by atoms with Crippen LogP contribution in [0.3, 0.4) is 0 Å². The molecule has 184 valence electrons. The van der Waals surface area contributed by atoms with Gasteiger partial charge in [-0.1, -0.05) is 12.1 Å². The van der Waals surface area contributed by atoms with Crippen molar-refractivity contribution >= 4 is 34.5 Å².